The molecule has 112 valence electrons. The van der Waals surface area contributed by atoms with Crippen molar-refractivity contribution in [3.05, 3.63) is 35.4 Å². The third-order valence-corrected chi connectivity index (χ3v) is 4.91. The van der Waals surface area contributed by atoms with Gasteiger partial charge in [-0.2, -0.15) is 0 Å². The van der Waals surface area contributed by atoms with Crippen LogP contribution in [-0.4, -0.2) is 18.0 Å². The number of halogens is 1. The minimum Gasteiger partial charge on any atom is -0.299 e. The van der Waals surface area contributed by atoms with Crippen LogP contribution >= 0.6 is 12.4 Å². The monoisotopic (exact) mass is 293 g/mol. The molecule has 1 saturated heterocycles. The van der Waals surface area contributed by atoms with Crippen LogP contribution in [0.3, 0.4) is 0 Å². The van der Waals surface area contributed by atoms with Gasteiger partial charge in [0.2, 0.25) is 0 Å². The minimum absolute atomic E-state index is 0. The second kappa shape index (κ2) is 8.05. The summed E-state index contributed by atoms with van der Waals surface area (Å²) in [6.45, 7) is 3.75. The molecule has 0 atom stereocenters. The van der Waals surface area contributed by atoms with Gasteiger partial charge in [-0.05, 0) is 55.8 Å². The van der Waals surface area contributed by atoms with Crippen LogP contribution < -0.4 is 0 Å². The summed E-state index contributed by atoms with van der Waals surface area (Å²) in [5, 5.41) is 0. The number of hydrogen-bond acceptors (Lipinski definition) is 1. The third kappa shape index (κ3) is 4.23. The van der Waals surface area contributed by atoms with E-state index in [0.29, 0.717) is 0 Å². The maximum atomic E-state index is 2.61. The zero-order chi connectivity index (χ0) is 12.9. The lowest BCUT2D eigenvalue weighted by Gasteiger charge is -2.27. The Kier molecular flexibility index (Phi) is 6.38. The van der Waals surface area contributed by atoms with Crippen molar-refractivity contribution in [2.75, 3.05) is 13.1 Å². The summed E-state index contributed by atoms with van der Waals surface area (Å²) in [6, 6.07) is 9.54. The maximum absolute atomic E-state index is 2.61. The molecule has 1 aliphatic heterocycles. The average molecular weight is 294 g/mol. The Labute approximate surface area is 130 Å². The fourth-order valence-electron chi connectivity index (χ4n) is 3.71. The van der Waals surface area contributed by atoms with E-state index in [2.05, 4.69) is 29.2 Å². The van der Waals surface area contributed by atoms with Crippen molar-refractivity contribution < 1.29 is 0 Å². The number of likely N-dealkylation sites (tertiary alicyclic amines) is 1. The zero-order valence-electron chi connectivity index (χ0n) is 12.5. The minimum atomic E-state index is 0. The van der Waals surface area contributed by atoms with Gasteiger partial charge in [0.1, 0.15) is 0 Å². The van der Waals surface area contributed by atoms with Gasteiger partial charge in [-0.25, -0.2) is 0 Å². The Morgan fingerprint density at radius 2 is 1.40 bits per heavy atom. The molecule has 0 bridgehead atoms. The number of nitrogens with zero attached hydrogens (tertiary/aromatic N) is 1. The smallest absolute Gasteiger partial charge is 0.0233 e. The fourth-order valence-corrected chi connectivity index (χ4v) is 3.71. The molecule has 1 heterocycles. The van der Waals surface area contributed by atoms with Crippen molar-refractivity contribution >= 4 is 12.4 Å². The molecule has 1 nitrogen and oxygen atoms in total. The Hall–Kier alpha value is -0.530. The molecule has 2 aliphatic rings. The standard InChI is InChI=1S/C18H27N.ClH/c1-3-7-17(8-4-1)18-11-9-16(10-12-18)15-19-13-5-2-6-14-19;/h9-12,17H,1-8,13-15H2;1H. The van der Waals surface area contributed by atoms with Gasteiger partial charge in [0.25, 0.3) is 0 Å². The predicted molar refractivity (Wildman–Crippen MR) is 88.6 cm³/mol. The van der Waals surface area contributed by atoms with Crippen LogP contribution in [0.4, 0.5) is 0 Å². The highest BCUT2D eigenvalue weighted by Crippen LogP contribution is 2.32. The van der Waals surface area contributed by atoms with Crippen LogP contribution in [0.25, 0.3) is 0 Å². The van der Waals surface area contributed by atoms with Crippen LogP contribution in [0.5, 0.6) is 0 Å². The lowest BCUT2D eigenvalue weighted by atomic mass is 9.84. The lowest BCUT2D eigenvalue weighted by Crippen LogP contribution is -2.29. The van der Waals surface area contributed by atoms with E-state index in [1.165, 1.54) is 70.0 Å². The molecule has 0 unspecified atom stereocenters. The van der Waals surface area contributed by atoms with E-state index in [1.807, 2.05) is 0 Å². The molecule has 2 fully saturated rings. The molecule has 0 N–H and O–H groups in total. The highest BCUT2D eigenvalue weighted by atomic mass is 35.5. The molecule has 0 amide bonds. The molecule has 0 aromatic heterocycles. The first kappa shape index (κ1) is 15.9. The van der Waals surface area contributed by atoms with Gasteiger partial charge in [-0.1, -0.05) is 49.9 Å². The maximum Gasteiger partial charge on any atom is 0.0233 e. The molecule has 0 spiro atoms. The van der Waals surface area contributed by atoms with Crippen molar-refractivity contribution in [3.8, 4) is 0 Å². The largest absolute Gasteiger partial charge is 0.299 e. The van der Waals surface area contributed by atoms with E-state index >= 15 is 0 Å². The van der Waals surface area contributed by atoms with Crippen molar-refractivity contribution in [3.63, 3.8) is 0 Å². The Morgan fingerprint density at radius 3 is 2.05 bits per heavy atom. The summed E-state index contributed by atoms with van der Waals surface area (Å²) in [5.74, 6) is 0.845. The molecule has 20 heavy (non-hydrogen) atoms. The summed E-state index contributed by atoms with van der Waals surface area (Å²) in [7, 11) is 0. The molecule has 1 saturated carbocycles. The Bertz CT molecular complexity index is 375. The highest BCUT2D eigenvalue weighted by molar-refractivity contribution is 5.85. The van der Waals surface area contributed by atoms with E-state index in [0.717, 1.165) is 12.5 Å². The van der Waals surface area contributed by atoms with Crippen LogP contribution in [0.15, 0.2) is 24.3 Å². The molecule has 1 aromatic rings. The topological polar surface area (TPSA) is 3.24 Å². The fraction of sp³-hybridized carbons (Fsp3) is 0.667. The summed E-state index contributed by atoms with van der Waals surface area (Å²) >= 11 is 0. The van der Waals surface area contributed by atoms with E-state index in [-0.39, 0.29) is 12.4 Å². The van der Waals surface area contributed by atoms with Crippen molar-refractivity contribution in [1.29, 1.82) is 0 Å². The number of piperidine rings is 1. The first-order valence-corrected chi connectivity index (χ1v) is 8.23. The van der Waals surface area contributed by atoms with E-state index in [4.69, 9.17) is 0 Å². The highest BCUT2D eigenvalue weighted by Gasteiger charge is 2.15. The van der Waals surface area contributed by atoms with Gasteiger partial charge < -0.3 is 0 Å². The van der Waals surface area contributed by atoms with Gasteiger partial charge in [-0.3, -0.25) is 4.90 Å². The molecular weight excluding hydrogens is 266 g/mol. The summed E-state index contributed by atoms with van der Waals surface area (Å²) < 4.78 is 0. The van der Waals surface area contributed by atoms with Gasteiger partial charge in [0.05, 0.1) is 0 Å². The second-order valence-corrected chi connectivity index (χ2v) is 6.41. The van der Waals surface area contributed by atoms with E-state index in [9.17, 15) is 0 Å². The summed E-state index contributed by atoms with van der Waals surface area (Å²) in [5.41, 5.74) is 3.09. The molecule has 1 aliphatic carbocycles. The van der Waals surface area contributed by atoms with Gasteiger partial charge in [0.15, 0.2) is 0 Å². The van der Waals surface area contributed by atoms with E-state index < -0.39 is 0 Å². The first-order valence-electron chi connectivity index (χ1n) is 8.23. The average Bonchev–Trinajstić information content (AvgIpc) is 2.50. The second-order valence-electron chi connectivity index (χ2n) is 6.41. The number of benzene rings is 1. The quantitative estimate of drug-likeness (QED) is 0.745. The Morgan fingerprint density at radius 1 is 0.800 bits per heavy atom. The number of rotatable bonds is 3. The van der Waals surface area contributed by atoms with Crippen LogP contribution in [0, 0.1) is 0 Å². The van der Waals surface area contributed by atoms with Crippen molar-refractivity contribution in [2.24, 2.45) is 0 Å². The zero-order valence-corrected chi connectivity index (χ0v) is 13.3. The molecule has 2 heteroatoms. The summed E-state index contributed by atoms with van der Waals surface area (Å²) in [6.07, 6.45) is 11.3. The lowest BCUT2D eigenvalue weighted by molar-refractivity contribution is 0.221. The number of hydrogen-bond donors (Lipinski definition) is 0. The Balaban J connectivity index is 0.00000147. The first-order chi connectivity index (χ1) is 9.42. The SMILES string of the molecule is Cl.c1cc(C2CCCCC2)ccc1CN1CCCCC1. The van der Waals surface area contributed by atoms with Gasteiger partial charge in [0, 0.05) is 6.54 Å². The van der Waals surface area contributed by atoms with Gasteiger partial charge in [-0.15, -0.1) is 12.4 Å². The van der Waals surface area contributed by atoms with E-state index in [1.54, 1.807) is 5.56 Å². The van der Waals surface area contributed by atoms with Crippen LogP contribution in [0.2, 0.25) is 0 Å². The third-order valence-electron chi connectivity index (χ3n) is 4.91. The van der Waals surface area contributed by atoms with Crippen molar-refractivity contribution in [2.45, 2.75) is 63.8 Å². The van der Waals surface area contributed by atoms with Gasteiger partial charge >= 0.3 is 0 Å². The summed E-state index contributed by atoms with van der Waals surface area (Å²) in [4.78, 5) is 2.61. The van der Waals surface area contributed by atoms with Crippen LogP contribution in [-0.2, 0) is 6.54 Å². The molecular formula is C18H28ClN. The molecule has 3 rings (SSSR count). The molecule has 0 radical (unpaired) electrons. The predicted octanol–water partition coefficient (Wildman–Crippen LogP) is 5.14. The van der Waals surface area contributed by atoms with Crippen molar-refractivity contribution in [1.82, 2.24) is 4.90 Å². The molecule has 1 aromatic carbocycles. The normalized spacial score (nSPS) is 21.4. The van der Waals surface area contributed by atoms with Crippen LogP contribution in [0.1, 0.15) is 68.4 Å².